The second-order valence-electron chi connectivity index (χ2n) is 4.06. The van der Waals surface area contributed by atoms with Crippen LogP contribution >= 0.6 is 0 Å². The standard InChI is InChI=1S/C11H21NO2/c13-9-8-12-11(14)10-6-4-2-1-3-5-7-10/h10,13H,1-9H2,(H,12,14). The van der Waals surface area contributed by atoms with Gasteiger partial charge in [0.1, 0.15) is 0 Å². The summed E-state index contributed by atoms with van der Waals surface area (Å²) >= 11 is 0. The predicted octanol–water partition coefficient (Wildman–Crippen LogP) is 1.46. The molecule has 1 amide bonds. The van der Waals surface area contributed by atoms with Crippen molar-refractivity contribution >= 4 is 5.91 Å². The van der Waals surface area contributed by atoms with E-state index in [1.807, 2.05) is 0 Å². The number of hydrogen-bond acceptors (Lipinski definition) is 2. The minimum atomic E-state index is 0.0401. The van der Waals surface area contributed by atoms with Crippen LogP contribution in [0.2, 0.25) is 0 Å². The van der Waals surface area contributed by atoms with Crippen molar-refractivity contribution in [2.75, 3.05) is 13.2 Å². The average molecular weight is 199 g/mol. The van der Waals surface area contributed by atoms with Crippen LogP contribution in [0.25, 0.3) is 0 Å². The molecule has 1 rings (SSSR count). The molecule has 0 aromatic rings. The van der Waals surface area contributed by atoms with E-state index in [0.717, 1.165) is 12.8 Å². The number of amides is 1. The highest BCUT2D eigenvalue weighted by molar-refractivity contribution is 5.78. The molecule has 0 unspecified atom stereocenters. The van der Waals surface area contributed by atoms with Crippen LogP contribution in [-0.2, 0) is 4.79 Å². The van der Waals surface area contributed by atoms with Crippen LogP contribution in [0, 0.1) is 5.92 Å². The Kier molecular flexibility index (Phi) is 5.60. The average Bonchev–Trinajstić information content (AvgIpc) is 2.13. The third kappa shape index (κ3) is 4.09. The lowest BCUT2D eigenvalue weighted by atomic mass is 9.90. The summed E-state index contributed by atoms with van der Waals surface area (Å²) in [7, 11) is 0. The Balaban J connectivity index is 2.27. The summed E-state index contributed by atoms with van der Waals surface area (Å²) < 4.78 is 0. The number of nitrogens with one attached hydrogen (secondary N) is 1. The summed E-state index contributed by atoms with van der Waals surface area (Å²) in [5.41, 5.74) is 0. The van der Waals surface area contributed by atoms with Gasteiger partial charge in [0.2, 0.25) is 5.91 Å². The molecule has 82 valence electrons. The van der Waals surface area contributed by atoms with Gasteiger partial charge in [-0.2, -0.15) is 0 Å². The van der Waals surface area contributed by atoms with Crippen molar-refractivity contribution in [3.05, 3.63) is 0 Å². The fourth-order valence-corrected chi connectivity index (χ4v) is 2.04. The minimum absolute atomic E-state index is 0.0401. The molecule has 1 saturated carbocycles. The second-order valence-corrected chi connectivity index (χ2v) is 4.06. The van der Waals surface area contributed by atoms with Crippen LogP contribution in [0.3, 0.4) is 0 Å². The fourth-order valence-electron chi connectivity index (χ4n) is 2.04. The van der Waals surface area contributed by atoms with Gasteiger partial charge in [0.15, 0.2) is 0 Å². The number of aliphatic hydroxyl groups is 1. The lowest BCUT2D eigenvalue weighted by Gasteiger charge is -2.18. The summed E-state index contributed by atoms with van der Waals surface area (Å²) in [6.07, 6.45) is 8.27. The SMILES string of the molecule is O=C(NCCO)C1CCCCCCC1. The van der Waals surface area contributed by atoms with Crippen molar-refractivity contribution in [3.63, 3.8) is 0 Å². The molecule has 0 saturated heterocycles. The van der Waals surface area contributed by atoms with Crippen LogP contribution in [0.5, 0.6) is 0 Å². The van der Waals surface area contributed by atoms with Crippen LogP contribution in [0.4, 0.5) is 0 Å². The van der Waals surface area contributed by atoms with E-state index in [0.29, 0.717) is 6.54 Å². The Morgan fingerprint density at radius 2 is 1.71 bits per heavy atom. The van der Waals surface area contributed by atoms with E-state index in [-0.39, 0.29) is 18.4 Å². The minimum Gasteiger partial charge on any atom is -0.395 e. The zero-order valence-corrected chi connectivity index (χ0v) is 8.80. The summed E-state index contributed by atoms with van der Waals surface area (Å²) in [5, 5.41) is 11.4. The smallest absolute Gasteiger partial charge is 0.223 e. The van der Waals surface area contributed by atoms with Gasteiger partial charge in [-0.1, -0.05) is 32.1 Å². The first-order valence-electron chi connectivity index (χ1n) is 5.73. The van der Waals surface area contributed by atoms with Crippen LogP contribution < -0.4 is 5.32 Å². The van der Waals surface area contributed by atoms with Gasteiger partial charge in [-0.15, -0.1) is 0 Å². The molecule has 2 N–H and O–H groups in total. The lowest BCUT2D eigenvalue weighted by Crippen LogP contribution is -2.33. The molecule has 3 heteroatoms. The topological polar surface area (TPSA) is 49.3 Å². The Bertz CT molecular complexity index is 163. The third-order valence-corrected chi connectivity index (χ3v) is 2.89. The Hall–Kier alpha value is -0.570. The van der Waals surface area contributed by atoms with Gasteiger partial charge in [0.25, 0.3) is 0 Å². The van der Waals surface area contributed by atoms with Crippen molar-refractivity contribution < 1.29 is 9.90 Å². The molecule has 0 aliphatic heterocycles. The molecule has 0 atom stereocenters. The first kappa shape index (κ1) is 11.5. The molecular formula is C11H21NO2. The predicted molar refractivity (Wildman–Crippen MR) is 55.9 cm³/mol. The monoisotopic (exact) mass is 199 g/mol. The van der Waals surface area contributed by atoms with E-state index in [4.69, 9.17) is 5.11 Å². The highest BCUT2D eigenvalue weighted by atomic mass is 16.3. The third-order valence-electron chi connectivity index (χ3n) is 2.89. The maximum absolute atomic E-state index is 11.6. The number of hydrogen-bond donors (Lipinski definition) is 2. The molecule has 1 aliphatic carbocycles. The van der Waals surface area contributed by atoms with E-state index in [1.165, 1.54) is 32.1 Å². The van der Waals surface area contributed by atoms with Gasteiger partial charge < -0.3 is 10.4 Å². The fraction of sp³-hybridized carbons (Fsp3) is 0.909. The van der Waals surface area contributed by atoms with Gasteiger partial charge in [0, 0.05) is 12.5 Å². The van der Waals surface area contributed by atoms with E-state index >= 15 is 0 Å². The first-order valence-corrected chi connectivity index (χ1v) is 5.73. The first-order chi connectivity index (χ1) is 6.84. The van der Waals surface area contributed by atoms with Gasteiger partial charge in [0.05, 0.1) is 6.61 Å². The van der Waals surface area contributed by atoms with Crippen LogP contribution in [-0.4, -0.2) is 24.2 Å². The molecule has 0 aromatic carbocycles. The van der Waals surface area contributed by atoms with Crippen molar-refractivity contribution in [2.24, 2.45) is 5.92 Å². The molecule has 0 aromatic heterocycles. The number of carbonyl (C=O) groups excluding carboxylic acids is 1. The normalized spacial score (nSPS) is 19.8. The summed E-state index contributed by atoms with van der Waals surface area (Å²) in [5.74, 6) is 0.336. The molecule has 1 aliphatic rings. The molecule has 0 heterocycles. The Morgan fingerprint density at radius 1 is 1.14 bits per heavy atom. The number of aliphatic hydroxyl groups excluding tert-OH is 1. The number of carbonyl (C=O) groups is 1. The maximum Gasteiger partial charge on any atom is 0.223 e. The van der Waals surface area contributed by atoms with E-state index < -0.39 is 0 Å². The molecule has 14 heavy (non-hydrogen) atoms. The molecule has 3 nitrogen and oxygen atoms in total. The van der Waals surface area contributed by atoms with E-state index in [2.05, 4.69) is 5.32 Å². The number of rotatable bonds is 3. The van der Waals surface area contributed by atoms with Crippen LogP contribution in [0.15, 0.2) is 0 Å². The summed E-state index contributed by atoms with van der Waals surface area (Å²) in [6, 6.07) is 0. The largest absolute Gasteiger partial charge is 0.395 e. The Labute approximate surface area is 85.9 Å². The summed E-state index contributed by atoms with van der Waals surface area (Å²) in [4.78, 5) is 11.6. The highest BCUT2D eigenvalue weighted by Gasteiger charge is 2.18. The lowest BCUT2D eigenvalue weighted by molar-refractivity contribution is -0.125. The van der Waals surface area contributed by atoms with Crippen molar-refractivity contribution in [3.8, 4) is 0 Å². The van der Waals surface area contributed by atoms with E-state index in [1.54, 1.807) is 0 Å². The highest BCUT2D eigenvalue weighted by Crippen LogP contribution is 2.22. The maximum atomic E-state index is 11.6. The van der Waals surface area contributed by atoms with E-state index in [9.17, 15) is 4.79 Å². The van der Waals surface area contributed by atoms with Crippen LogP contribution in [0.1, 0.15) is 44.9 Å². The molecule has 0 bridgehead atoms. The van der Waals surface area contributed by atoms with Crippen molar-refractivity contribution in [1.82, 2.24) is 5.32 Å². The molecule has 1 fully saturated rings. The molecule has 0 radical (unpaired) electrons. The zero-order chi connectivity index (χ0) is 10.2. The van der Waals surface area contributed by atoms with Gasteiger partial charge in [-0.25, -0.2) is 0 Å². The van der Waals surface area contributed by atoms with Gasteiger partial charge in [-0.3, -0.25) is 4.79 Å². The molecular weight excluding hydrogens is 178 g/mol. The van der Waals surface area contributed by atoms with Gasteiger partial charge in [-0.05, 0) is 12.8 Å². The molecule has 0 spiro atoms. The Morgan fingerprint density at radius 3 is 2.29 bits per heavy atom. The quantitative estimate of drug-likeness (QED) is 0.723. The zero-order valence-electron chi connectivity index (χ0n) is 8.80. The van der Waals surface area contributed by atoms with Gasteiger partial charge >= 0.3 is 0 Å². The van der Waals surface area contributed by atoms with Crippen molar-refractivity contribution in [1.29, 1.82) is 0 Å². The van der Waals surface area contributed by atoms with Crippen molar-refractivity contribution in [2.45, 2.75) is 44.9 Å². The summed E-state index contributed by atoms with van der Waals surface area (Å²) in [6.45, 7) is 0.438. The second kappa shape index (κ2) is 6.82.